The Morgan fingerprint density at radius 1 is 1.61 bits per heavy atom. The summed E-state index contributed by atoms with van der Waals surface area (Å²) in [6.45, 7) is 5.17. The predicted octanol–water partition coefficient (Wildman–Crippen LogP) is 1.93. The molecule has 0 amide bonds. The molecule has 0 aliphatic carbocycles. The van der Waals surface area contributed by atoms with Crippen LogP contribution in [0, 0.1) is 6.92 Å². The quantitative estimate of drug-likeness (QED) is 0.926. The van der Waals surface area contributed by atoms with Gasteiger partial charge in [0.25, 0.3) is 0 Å². The smallest absolute Gasteiger partial charge is 0.323 e. The Hall–Kier alpha value is -0.880. The van der Waals surface area contributed by atoms with Crippen molar-refractivity contribution in [2.24, 2.45) is 7.05 Å². The zero-order valence-corrected chi connectivity index (χ0v) is 12.5. The van der Waals surface area contributed by atoms with Gasteiger partial charge in [0.1, 0.15) is 5.54 Å². The average Bonchev–Trinajstić information content (AvgIpc) is 2.77. The number of hydrogen-bond donors (Lipinski definition) is 1. The largest absolute Gasteiger partial charge is 0.480 e. The van der Waals surface area contributed by atoms with Crippen LogP contribution in [0.15, 0.2) is 4.47 Å². The predicted molar refractivity (Wildman–Crippen MR) is 71.3 cm³/mol. The lowest BCUT2D eigenvalue weighted by molar-refractivity contribution is -0.149. The second-order valence-corrected chi connectivity index (χ2v) is 5.87. The molecule has 1 fully saturated rings. The summed E-state index contributed by atoms with van der Waals surface area (Å²) in [5.41, 5.74) is 1.21. The van der Waals surface area contributed by atoms with Gasteiger partial charge in [0.05, 0.1) is 15.9 Å². The molecule has 1 aliphatic rings. The van der Waals surface area contributed by atoms with Gasteiger partial charge < -0.3 is 5.11 Å². The minimum absolute atomic E-state index is 0.612. The highest BCUT2D eigenvalue weighted by Crippen LogP contribution is 2.32. The van der Waals surface area contributed by atoms with Crippen molar-refractivity contribution in [3.05, 3.63) is 15.9 Å². The van der Waals surface area contributed by atoms with Crippen molar-refractivity contribution in [3.8, 4) is 0 Å². The van der Waals surface area contributed by atoms with E-state index in [9.17, 15) is 9.90 Å². The number of carbonyl (C=O) groups is 1. The Balaban J connectivity index is 2.26. The van der Waals surface area contributed by atoms with Crippen LogP contribution in [-0.2, 0) is 18.4 Å². The number of nitrogens with zero attached hydrogens (tertiary/aromatic N) is 3. The van der Waals surface area contributed by atoms with Gasteiger partial charge in [-0.25, -0.2) is 0 Å². The molecule has 1 atom stereocenters. The molecule has 1 saturated heterocycles. The van der Waals surface area contributed by atoms with Gasteiger partial charge in [0.15, 0.2) is 0 Å². The topological polar surface area (TPSA) is 58.4 Å². The van der Waals surface area contributed by atoms with Crippen molar-refractivity contribution in [1.29, 1.82) is 0 Å². The van der Waals surface area contributed by atoms with Crippen LogP contribution in [0.2, 0.25) is 0 Å². The highest BCUT2D eigenvalue weighted by Gasteiger charge is 2.43. The van der Waals surface area contributed by atoms with E-state index in [1.807, 2.05) is 23.6 Å². The number of aryl methyl sites for hydroxylation is 2. The van der Waals surface area contributed by atoms with E-state index in [0.29, 0.717) is 13.0 Å². The van der Waals surface area contributed by atoms with Crippen molar-refractivity contribution in [3.63, 3.8) is 0 Å². The molecular formula is C12H18BrN3O2. The lowest BCUT2D eigenvalue weighted by atomic mass is 9.99. The van der Waals surface area contributed by atoms with Gasteiger partial charge >= 0.3 is 5.97 Å². The van der Waals surface area contributed by atoms with Crippen molar-refractivity contribution >= 4 is 21.9 Å². The minimum atomic E-state index is -0.752. The molecule has 18 heavy (non-hydrogen) atoms. The van der Waals surface area contributed by atoms with E-state index < -0.39 is 11.5 Å². The standard InChI is InChI=1S/C12H18BrN3O2/c1-8-10(13)9(15(3)14-8)7-16-6-4-5-12(16,2)11(17)18/h4-7H2,1-3H3,(H,17,18). The summed E-state index contributed by atoms with van der Waals surface area (Å²) in [5.74, 6) is -0.741. The van der Waals surface area contributed by atoms with Gasteiger partial charge in [0.2, 0.25) is 0 Å². The van der Waals surface area contributed by atoms with E-state index in [1.165, 1.54) is 0 Å². The summed E-state index contributed by atoms with van der Waals surface area (Å²) in [4.78, 5) is 13.4. The SMILES string of the molecule is Cc1nn(C)c(CN2CCCC2(C)C(=O)O)c1Br. The van der Waals surface area contributed by atoms with Crippen LogP contribution in [0.4, 0.5) is 0 Å². The molecule has 2 heterocycles. The number of aromatic nitrogens is 2. The Kier molecular flexibility index (Phi) is 3.51. The number of aliphatic carboxylic acids is 1. The van der Waals surface area contributed by atoms with E-state index in [0.717, 1.165) is 28.8 Å². The normalized spacial score (nSPS) is 24.7. The Morgan fingerprint density at radius 2 is 2.28 bits per heavy atom. The van der Waals surface area contributed by atoms with E-state index in [1.54, 1.807) is 6.92 Å². The lowest BCUT2D eigenvalue weighted by Gasteiger charge is -2.31. The van der Waals surface area contributed by atoms with Crippen LogP contribution in [0.25, 0.3) is 0 Å². The van der Waals surface area contributed by atoms with E-state index >= 15 is 0 Å². The zero-order chi connectivity index (χ0) is 13.5. The third-order valence-corrected chi connectivity index (χ3v) is 4.88. The second kappa shape index (κ2) is 4.66. The maximum atomic E-state index is 11.4. The van der Waals surface area contributed by atoms with Crippen LogP contribution in [0.1, 0.15) is 31.2 Å². The van der Waals surface area contributed by atoms with Gasteiger partial charge in [-0.15, -0.1) is 0 Å². The third-order valence-electron chi connectivity index (χ3n) is 3.85. The zero-order valence-electron chi connectivity index (χ0n) is 10.9. The fraction of sp³-hybridized carbons (Fsp3) is 0.667. The molecule has 1 unspecified atom stereocenters. The molecule has 0 bridgehead atoms. The molecule has 0 spiro atoms. The number of likely N-dealkylation sites (tertiary alicyclic amines) is 1. The summed E-state index contributed by atoms with van der Waals surface area (Å²) in [5, 5.41) is 13.7. The van der Waals surface area contributed by atoms with Gasteiger partial charge in [-0.3, -0.25) is 14.4 Å². The monoisotopic (exact) mass is 315 g/mol. The van der Waals surface area contributed by atoms with Crippen molar-refractivity contribution in [2.75, 3.05) is 6.54 Å². The molecule has 1 aromatic heterocycles. The van der Waals surface area contributed by atoms with Crippen molar-refractivity contribution in [2.45, 2.75) is 38.8 Å². The molecule has 2 rings (SSSR count). The highest BCUT2D eigenvalue weighted by molar-refractivity contribution is 9.10. The Labute approximate surface area is 115 Å². The molecule has 100 valence electrons. The lowest BCUT2D eigenvalue weighted by Crippen LogP contribution is -2.47. The van der Waals surface area contributed by atoms with Crippen molar-refractivity contribution in [1.82, 2.24) is 14.7 Å². The summed E-state index contributed by atoms with van der Waals surface area (Å²) in [6.07, 6.45) is 1.63. The molecule has 0 radical (unpaired) electrons. The van der Waals surface area contributed by atoms with Crippen LogP contribution >= 0.6 is 15.9 Å². The first-order chi connectivity index (χ1) is 8.36. The maximum absolute atomic E-state index is 11.4. The number of halogens is 1. The number of hydrogen-bond acceptors (Lipinski definition) is 3. The van der Waals surface area contributed by atoms with E-state index in [2.05, 4.69) is 21.0 Å². The maximum Gasteiger partial charge on any atom is 0.323 e. The van der Waals surface area contributed by atoms with E-state index in [-0.39, 0.29) is 0 Å². The molecule has 1 aromatic rings. The molecule has 1 N–H and O–H groups in total. The molecule has 1 aliphatic heterocycles. The summed E-state index contributed by atoms with van der Waals surface area (Å²) >= 11 is 3.53. The van der Waals surface area contributed by atoms with Gasteiger partial charge in [0, 0.05) is 13.6 Å². The Morgan fingerprint density at radius 3 is 2.78 bits per heavy atom. The fourth-order valence-electron chi connectivity index (χ4n) is 2.55. The van der Waals surface area contributed by atoms with Gasteiger partial charge in [-0.1, -0.05) is 0 Å². The van der Waals surface area contributed by atoms with Crippen molar-refractivity contribution < 1.29 is 9.90 Å². The summed E-state index contributed by atoms with van der Waals surface area (Å²) in [7, 11) is 1.89. The van der Waals surface area contributed by atoms with Crippen LogP contribution in [0.5, 0.6) is 0 Å². The molecule has 5 nitrogen and oxygen atoms in total. The van der Waals surface area contributed by atoms with Gasteiger partial charge in [-0.2, -0.15) is 5.10 Å². The molecule has 0 saturated carbocycles. The van der Waals surface area contributed by atoms with Crippen LogP contribution in [-0.4, -0.2) is 37.8 Å². The Bertz CT molecular complexity index is 486. The molecule has 0 aromatic carbocycles. The highest BCUT2D eigenvalue weighted by atomic mass is 79.9. The first kappa shape index (κ1) is 13.5. The molecule has 6 heteroatoms. The van der Waals surface area contributed by atoms with E-state index in [4.69, 9.17) is 0 Å². The summed E-state index contributed by atoms with van der Waals surface area (Å²) < 4.78 is 2.80. The fourth-order valence-corrected chi connectivity index (χ4v) is 3.01. The first-order valence-electron chi connectivity index (χ1n) is 6.02. The van der Waals surface area contributed by atoms with Crippen LogP contribution < -0.4 is 0 Å². The average molecular weight is 316 g/mol. The minimum Gasteiger partial charge on any atom is -0.480 e. The third kappa shape index (κ3) is 2.07. The number of carboxylic acid groups (broad SMARTS) is 1. The second-order valence-electron chi connectivity index (χ2n) is 5.07. The van der Waals surface area contributed by atoms with Crippen LogP contribution in [0.3, 0.4) is 0 Å². The number of carboxylic acids is 1. The first-order valence-corrected chi connectivity index (χ1v) is 6.82. The number of rotatable bonds is 3. The summed E-state index contributed by atoms with van der Waals surface area (Å²) in [6, 6.07) is 0. The molecular weight excluding hydrogens is 298 g/mol. The van der Waals surface area contributed by atoms with Gasteiger partial charge in [-0.05, 0) is 49.2 Å².